The summed E-state index contributed by atoms with van der Waals surface area (Å²) < 4.78 is 4.83. The highest BCUT2D eigenvalue weighted by molar-refractivity contribution is 5.99. The second kappa shape index (κ2) is 4.77. The van der Waals surface area contributed by atoms with Crippen LogP contribution in [0.5, 0.6) is 0 Å². The largest absolute Gasteiger partial charge is 0.364 e. The van der Waals surface area contributed by atoms with E-state index in [9.17, 15) is 4.79 Å². The third-order valence-corrected chi connectivity index (χ3v) is 3.62. The van der Waals surface area contributed by atoms with Crippen LogP contribution in [0.2, 0.25) is 0 Å². The van der Waals surface area contributed by atoms with Gasteiger partial charge in [-0.15, -0.1) is 0 Å². The Bertz CT molecular complexity index is 545. The molecule has 1 atom stereocenters. The average molecular weight is 241 g/mol. The Morgan fingerprint density at radius 1 is 1.33 bits per heavy atom. The highest BCUT2D eigenvalue weighted by atomic mass is 16.5. The summed E-state index contributed by atoms with van der Waals surface area (Å²) in [4.78, 5) is 12.5. The highest BCUT2D eigenvalue weighted by Gasteiger charge is 2.25. The van der Waals surface area contributed by atoms with Gasteiger partial charge in [0.05, 0.1) is 6.20 Å². The minimum absolute atomic E-state index is 0.0630. The molecule has 0 spiro atoms. The molecule has 0 bridgehead atoms. The Morgan fingerprint density at radius 2 is 2.22 bits per heavy atom. The molecule has 0 saturated heterocycles. The highest BCUT2D eigenvalue weighted by Crippen LogP contribution is 2.26. The quantitative estimate of drug-likeness (QED) is 0.759. The molecular weight excluding hydrogens is 226 g/mol. The number of fused-ring (bicyclic) bond motifs is 1. The van der Waals surface area contributed by atoms with Crippen LogP contribution in [0, 0.1) is 5.92 Å². The normalized spacial score (nSPS) is 19.3. The topological polar surface area (TPSA) is 43.1 Å². The lowest BCUT2D eigenvalue weighted by molar-refractivity contribution is 0.0915. The van der Waals surface area contributed by atoms with E-state index in [4.69, 9.17) is 4.52 Å². The number of aryl methyl sites for hydroxylation is 1. The zero-order valence-electron chi connectivity index (χ0n) is 10.1. The first kappa shape index (κ1) is 11.2. The van der Waals surface area contributed by atoms with Crippen molar-refractivity contribution in [1.82, 2.24) is 5.16 Å². The average Bonchev–Trinajstić information content (AvgIpc) is 2.85. The molecule has 1 aromatic carbocycles. The first-order valence-electron chi connectivity index (χ1n) is 6.35. The van der Waals surface area contributed by atoms with Gasteiger partial charge in [-0.2, -0.15) is 0 Å². The standard InChI is InChI=1S/C15H15NO2/c17-15-13(8-11-9-16-18-10-11)6-3-5-12-4-1-2-7-14(12)15/h1-2,4,7,9-10,13H,3,5-6,8H2. The van der Waals surface area contributed by atoms with Crippen molar-refractivity contribution in [3.63, 3.8) is 0 Å². The van der Waals surface area contributed by atoms with Crippen molar-refractivity contribution >= 4 is 5.78 Å². The number of hydrogen-bond acceptors (Lipinski definition) is 3. The van der Waals surface area contributed by atoms with Gasteiger partial charge < -0.3 is 4.52 Å². The summed E-state index contributed by atoms with van der Waals surface area (Å²) in [6.07, 6.45) is 7.07. The molecular formula is C15H15NO2. The first-order chi connectivity index (χ1) is 8.84. The summed E-state index contributed by atoms with van der Waals surface area (Å²) in [5.41, 5.74) is 3.10. The Morgan fingerprint density at radius 3 is 3.06 bits per heavy atom. The van der Waals surface area contributed by atoms with E-state index in [0.717, 1.165) is 36.8 Å². The van der Waals surface area contributed by atoms with E-state index in [0.29, 0.717) is 0 Å². The van der Waals surface area contributed by atoms with E-state index in [1.54, 1.807) is 12.5 Å². The molecule has 0 fully saturated rings. The number of ketones is 1. The van der Waals surface area contributed by atoms with E-state index >= 15 is 0 Å². The first-order valence-corrected chi connectivity index (χ1v) is 6.35. The number of aromatic nitrogens is 1. The second-order valence-corrected chi connectivity index (χ2v) is 4.85. The molecule has 2 aromatic rings. The molecule has 3 rings (SSSR count). The van der Waals surface area contributed by atoms with Gasteiger partial charge in [0.25, 0.3) is 0 Å². The van der Waals surface area contributed by atoms with Crippen LogP contribution >= 0.6 is 0 Å². The maximum atomic E-state index is 12.5. The van der Waals surface area contributed by atoms with Gasteiger partial charge in [-0.1, -0.05) is 29.4 Å². The lowest BCUT2D eigenvalue weighted by atomic mass is 9.90. The maximum Gasteiger partial charge on any atom is 0.166 e. The van der Waals surface area contributed by atoms with Gasteiger partial charge in [0.15, 0.2) is 5.78 Å². The molecule has 3 nitrogen and oxygen atoms in total. The van der Waals surface area contributed by atoms with Crippen LogP contribution in [0.15, 0.2) is 41.2 Å². The predicted octanol–water partition coefficient (Wildman–Crippen LogP) is 3.05. The summed E-state index contributed by atoms with van der Waals surface area (Å²) >= 11 is 0. The van der Waals surface area contributed by atoms with Crippen molar-refractivity contribution < 1.29 is 9.32 Å². The zero-order valence-corrected chi connectivity index (χ0v) is 10.1. The van der Waals surface area contributed by atoms with Gasteiger partial charge in [0.2, 0.25) is 0 Å². The Hall–Kier alpha value is -1.90. The molecule has 1 unspecified atom stereocenters. The van der Waals surface area contributed by atoms with Crippen molar-refractivity contribution in [3.8, 4) is 0 Å². The molecule has 3 heteroatoms. The summed E-state index contributed by atoms with van der Waals surface area (Å²) in [5.74, 6) is 0.331. The van der Waals surface area contributed by atoms with Crippen LogP contribution in [0.1, 0.15) is 34.3 Å². The van der Waals surface area contributed by atoms with Crippen LogP contribution in [-0.4, -0.2) is 10.9 Å². The van der Waals surface area contributed by atoms with Crippen molar-refractivity contribution in [1.29, 1.82) is 0 Å². The summed E-state index contributed by atoms with van der Waals surface area (Å²) in [5, 5.41) is 3.69. The van der Waals surface area contributed by atoms with Gasteiger partial charge in [0.1, 0.15) is 6.26 Å². The minimum atomic E-state index is 0.0630. The fraction of sp³-hybridized carbons (Fsp3) is 0.333. The van der Waals surface area contributed by atoms with Crippen molar-refractivity contribution in [2.45, 2.75) is 25.7 Å². The summed E-state index contributed by atoms with van der Waals surface area (Å²) in [7, 11) is 0. The summed E-state index contributed by atoms with van der Waals surface area (Å²) in [6.45, 7) is 0. The van der Waals surface area contributed by atoms with Gasteiger partial charge >= 0.3 is 0 Å². The number of hydrogen-bond donors (Lipinski definition) is 0. The molecule has 0 radical (unpaired) electrons. The van der Waals surface area contributed by atoms with Crippen LogP contribution in [0.3, 0.4) is 0 Å². The third kappa shape index (κ3) is 2.08. The fourth-order valence-corrected chi connectivity index (χ4v) is 2.68. The zero-order chi connectivity index (χ0) is 12.4. The molecule has 0 amide bonds. The van der Waals surface area contributed by atoms with Crippen LogP contribution < -0.4 is 0 Å². The maximum absolute atomic E-state index is 12.5. The van der Waals surface area contributed by atoms with Gasteiger partial charge in [-0.3, -0.25) is 4.79 Å². The van der Waals surface area contributed by atoms with Gasteiger partial charge in [-0.05, 0) is 31.2 Å². The molecule has 1 heterocycles. The van der Waals surface area contributed by atoms with Crippen molar-refractivity contribution in [3.05, 3.63) is 53.4 Å². The number of rotatable bonds is 2. The molecule has 18 heavy (non-hydrogen) atoms. The molecule has 1 aromatic heterocycles. The second-order valence-electron chi connectivity index (χ2n) is 4.85. The number of nitrogens with zero attached hydrogens (tertiary/aromatic N) is 1. The number of Topliss-reactive ketones (excluding diaryl/α,β-unsaturated/α-hetero) is 1. The molecule has 0 N–H and O–H groups in total. The van der Waals surface area contributed by atoms with Crippen molar-refractivity contribution in [2.75, 3.05) is 0 Å². The molecule has 0 aliphatic heterocycles. The number of carbonyl (C=O) groups excluding carboxylic acids is 1. The monoisotopic (exact) mass is 241 g/mol. The predicted molar refractivity (Wildman–Crippen MR) is 67.4 cm³/mol. The lowest BCUT2D eigenvalue weighted by Crippen LogP contribution is -2.16. The van der Waals surface area contributed by atoms with Crippen LogP contribution in [-0.2, 0) is 12.8 Å². The van der Waals surface area contributed by atoms with E-state index in [2.05, 4.69) is 11.2 Å². The molecule has 1 aliphatic rings. The van der Waals surface area contributed by atoms with Crippen LogP contribution in [0.25, 0.3) is 0 Å². The molecule has 1 aliphatic carbocycles. The van der Waals surface area contributed by atoms with Gasteiger partial charge in [0, 0.05) is 17.0 Å². The Balaban J connectivity index is 1.87. The Labute approximate surface area is 106 Å². The number of carbonyl (C=O) groups is 1. The SMILES string of the molecule is O=C1c2ccccc2CCCC1Cc1cnoc1. The molecule has 92 valence electrons. The minimum Gasteiger partial charge on any atom is -0.364 e. The smallest absolute Gasteiger partial charge is 0.166 e. The van der Waals surface area contributed by atoms with E-state index in [1.807, 2.05) is 18.2 Å². The van der Waals surface area contributed by atoms with Crippen LogP contribution in [0.4, 0.5) is 0 Å². The van der Waals surface area contributed by atoms with E-state index in [-0.39, 0.29) is 11.7 Å². The molecule has 0 saturated carbocycles. The Kier molecular flexibility index (Phi) is 2.97. The van der Waals surface area contributed by atoms with E-state index < -0.39 is 0 Å². The van der Waals surface area contributed by atoms with Crippen molar-refractivity contribution in [2.24, 2.45) is 5.92 Å². The van der Waals surface area contributed by atoms with Gasteiger partial charge in [-0.25, -0.2) is 0 Å². The van der Waals surface area contributed by atoms with E-state index in [1.165, 1.54) is 5.56 Å². The number of benzene rings is 1. The summed E-state index contributed by atoms with van der Waals surface area (Å²) in [6, 6.07) is 7.96. The third-order valence-electron chi connectivity index (χ3n) is 3.62. The lowest BCUT2D eigenvalue weighted by Gasteiger charge is -2.11. The fourth-order valence-electron chi connectivity index (χ4n) is 2.68.